The van der Waals surface area contributed by atoms with E-state index in [0.717, 1.165) is 25.1 Å². The van der Waals surface area contributed by atoms with Gasteiger partial charge in [-0.05, 0) is 31.4 Å². The summed E-state index contributed by atoms with van der Waals surface area (Å²) in [6.07, 6.45) is 3.74. The van der Waals surface area contributed by atoms with E-state index in [1.807, 2.05) is 17.0 Å². The van der Waals surface area contributed by atoms with Gasteiger partial charge < -0.3 is 10.6 Å². The van der Waals surface area contributed by atoms with Gasteiger partial charge in [0.1, 0.15) is 6.54 Å². The molecule has 1 aliphatic rings. The van der Waals surface area contributed by atoms with Gasteiger partial charge in [-0.2, -0.15) is 0 Å². The minimum absolute atomic E-state index is 0.0354. The van der Waals surface area contributed by atoms with Crippen molar-refractivity contribution in [3.05, 3.63) is 41.2 Å². The zero-order chi connectivity index (χ0) is 14.8. The molecule has 0 saturated heterocycles. The number of aromatic nitrogens is 3. The summed E-state index contributed by atoms with van der Waals surface area (Å²) >= 11 is 0. The van der Waals surface area contributed by atoms with Gasteiger partial charge in [-0.25, -0.2) is 4.68 Å². The summed E-state index contributed by atoms with van der Waals surface area (Å²) in [7, 11) is 0. The number of nitrogens with zero attached hydrogens (tertiary/aromatic N) is 4. The maximum atomic E-state index is 12.5. The SMILES string of the molecule is Cc1ccc2c(c1)CCCN2C(=O)Cn1cc(CN)nn1. The Kier molecular flexibility index (Phi) is 3.70. The summed E-state index contributed by atoms with van der Waals surface area (Å²) in [5, 5.41) is 7.84. The van der Waals surface area contributed by atoms with Crippen molar-refractivity contribution in [1.82, 2.24) is 15.0 Å². The number of nitrogens with two attached hydrogens (primary N) is 1. The van der Waals surface area contributed by atoms with Crippen molar-refractivity contribution in [3.8, 4) is 0 Å². The fourth-order valence-electron chi connectivity index (χ4n) is 2.72. The van der Waals surface area contributed by atoms with Gasteiger partial charge in [-0.3, -0.25) is 4.79 Å². The van der Waals surface area contributed by atoms with E-state index < -0.39 is 0 Å². The monoisotopic (exact) mass is 285 g/mol. The first-order chi connectivity index (χ1) is 10.2. The van der Waals surface area contributed by atoms with Gasteiger partial charge in [0, 0.05) is 18.8 Å². The Labute approximate surface area is 123 Å². The highest BCUT2D eigenvalue weighted by Gasteiger charge is 2.22. The van der Waals surface area contributed by atoms with E-state index in [0.29, 0.717) is 12.2 Å². The van der Waals surface area contributed by atoms with Crippen LogP contribution in [-0.4, -0.2) is 27.4 Å². The molecule has 0 radical (unpaired) electrons. The molecular formula is C15H19N5O. The predicted molar refractivity (Wildman–Crippen MR) is 79.8 cm³/mol. The smallest absolute Gasteiger partial charge is 0.248 e. The van der Waals surface area contributed by atoms with Crippen LogP contribution in [0.5, 0.6) is 0 Å². The molecule has 21 heavy (non-hydrogen) atoms. The lowest BCUT2D eigenvalue weighted by Crippen LogP contribution is -2.37. The summed E-state index contributed by atoms with van der Waals surface area (Å²) < 4.78 is 1.55. The maximum Gasteiger partial charge on any atom is 0.248 e. The van der Waals surface area contributed by atoms with Crippen molar-refractivity contribution in [2.45, 2.75) is 32.9 Å². The van der Waals surface area contributed by atoms with Crippen molar-refractivity contribution in [3.63, 3.8) is 0 Å². The summed E-state index contributed by atoms with van der Waals surface area (Å²) in [6, 6.07) is 6.25. The third kappa shape index (κ3) is 2.80. The van der Waals surface area contributed by atoms with E-state index in [1.165, 1.54) is 11.1 Å². The summed E-state index contributed by atoms with van der Waals surface area (Å²) in [5.41, 5.74) is 9.69. The van der Waals surface area contributed by atoms with Crippen LogP contribution in [0, 0.1) is 6.92 Å². The fraction of sp³-hybridized carbons (Fsp3) is 0.400. The van der Waals surface area contributed by atoms with Crippen LogP contribution in [0.25, 0.3) is 0 Å². The van der Waals surface area contributed by atoms with E-state index in [9.17, 15) is 4.79 Å². The standard InChI is InChI=1S/C15H19N5O/c1-11-4-5-14-12(7-11)3-2-6-20(14)15(21)10-19-9-13(8-16)17-18-19/h4-5,7,9H,2-3,6,8,10,16H2,1H3. The molecule has 0 bridgehead atoms. The lowest BCUT2D eigenvalue weighted by Gasteiger charge is -2.29. The van der Waals surface area contributed by atoms with Crippen LogP contribution in [-0.2, 0) is 24.3 Å². The van der Waals surface area contributed by atoms with Gasteiger partial charge in [-0.1, -0.05) is 22.9 Å². The minimum atomic E-state index is 0.0354. The maximum absolute atomic E-state index is 12.5. The molecule has 0 saturated carbocycles. The highest BCUT2D eigenvalue weighted by atomic mass is 16.2. The molecule has 0 aliphatic carbocycles. The van der Waals surface area contributed by atoms with Gasteiger partial charge in [0.2, 0.25) is 5.91 Å². The molecule has 2 N–H and O–H groups in total. The fourth-order valence-corrected chi connectivity index (χ4v) is 2.72. The molecule has 1 amide bonds. The highest BCUT2D eigenvalue weighted by Crippen LogP contribution is 2.28. The molecule has 0 unspecified atom stereocenters. The molecule has 0 atom stereocenters. The van der Waals surface area contributed by atoms with Crippen LogP contribution >= 0.6 is 0 Å². The van der Waals surface area contributed by atoms with Gasteiger partial charge in [0.15, 0.2) is 0 Å². The lowest BCUT2D eigenvalue weighted by molar-refractivity contribution is -0.119. The second kappa shape index (κ2) is 5.65. The normalized spacial score (nSPS) is 14.1. The minimum Gasteiger partial charge on any atom is -0.325 e. The molecule has 6 heteroatoms. The lowest BCUT2D eigenvalue weighted by atomic mass is 9.99. The van der Waals surface area contributed by atoms with Gasteiger partial charge in [0.05, 0.1) is 11.9 Å². The summed E-state index contributed by atoms with van der Waals surface area (Å²) in [5.74, 6) is 0.0354. The number of carbonyl (C=O) groups is 1. The van der Waals surface area contributed by atoms with Gasteiger partial charge >= 0.3 is 0 Å². The average molecular weight is 285 g/mol. The first-order valence-electron chi connectivity index (χ1n) is 7.16. The second-order valence-corrected chi connectivity index (χ2v) is 5.39. The quantitative estimate of drug-likeness (QED) is 0.913. The molecule has 1 aromatic heterocycles. The van der Waals surface area contributed by atoms with Crippen molar-refractivity contribution in [2.24, 2.45) is 5.73 Å². The van der Waals surface area contributed by atoms with E-state index in [4.69, 9.17) is 5.73 Å². The molecule has 6 nitrogen and oxygen atoms in total. The molecule has 3 rings (SSSR count). The van der Waals surface area contributed by atoms with Crippen LogP contribution < -0.4 is 10.6 Å². The highest BCUT2D eigenvalue weighted by molar-refractivity contribution is 5.94. The van der Waals surface area contributed by atoms with E-state index in [2.05, 4.69) is 23.3 Å². The first-order valence-corrected chi connectivity index (χ1v) is 7.16. The number of amides is 1. The molecule has 1 aliphatic heterocycles. The number of rotatable bonds is 3. The number of benzene rings is 1. The van der Waals surface area contributed by atoms with Crippen molar-refractivity contribution in [2.75, 3.05) is 11.4 Å². The molecule has 110 valence electrons. The topological polar surface area (TPSA) is 77.0 Å². The Bertz CT molecular complexity index is 664. The van der Waals surface area contributed by atoms with Gasteiger partial charge in [-0.15, -0.1) is 5.10 Å². The largest absolute Gasteiger partial charge is 0.325 e. The van der Waals surface area contributed by atoms with Crippen LogP contribution in [0.3, 0.4) is 0 Å². The molecule has 0 spiro atoms. The molecule has 1 aromatic carbocycles. The van der Waals surface area contributed by atoms with Crippen molar-refractivity contribution < 1.29 is 4.79 Å². The number of hydrogen-bond acceptors (Lipinski definition) is 4. The number of hydrogen-bond donors (Lipinski definition) is 1. The first kappa shape index (κ1) is 13.8. The molecule has 0 fully saturated rings. The van der Waals surface area contributed by atoms with E-state index in [1.54, 1.807) is 10.9 Å². The van der Waals surface area contributed by atoms with Crippen LogP contribution in [0.4, 0.5) is 5.69 Å². The van der Waals surface area contributed by atoms with Crippen LogP contribution in [0.15, 0.2) is 24.4 Å². The zero-order valence-electron chi connectivity index (χ0n) is 12.1. The third-order valence-electron chi connectivity index (χ3n) is 3.75. The van der Waals surface area contributed by atoms with Gasteiger partial charge in [0.25, 0.3) is 0 Å². The second-order valence-electron chi connectivity index (χ2n) is 5.39. The number of fused-ring (bicyclic) bond motifs is 1. The number of carbonyl (C=O) groups excluding carboxylic acids is 1. The Morgan fingerprint density at radius 3 is 3.05 bits per heavy atom. The molecule has 2 aromatic rings. The Balaban J connectivity index is 1.79. The zero-order valence-corrected chi connectivity index (χ0v) is 12.1. The summed E-state index contributed by atoms with van der Waals surface area (Å²) in [4.78, 5) is 14.4. The summed E-state index contributed by atoms with van der Waals surface area (Å²) in [6.45, 7) is 3.36. The van der Waals surface area contributed by atoms with E-state index >= 15 is 0 Å². The van der Waals surface area contributed by atoms with Crippen molar-refractivity contribution >= 4 is 11.6 Å². The van der Waals surface area contributed by atoms with Crippen LogP contribution in [0.2, 0.25) is 0 Å². The molecular weight excluding hydrogens is 266 g/mol. The molecule has 2 heterocycles. The predicted octanol–water partition coefficient (Wildman–Crippen LogP) is 1.02. The number of aryl methyl sites for hydroxylation is 2. The van der Waals surface area contributed by atoms with E-state index in [-0.39, 0.29) is 12.5 Å². The third-order valence-corrected chi connectivity index (χ3v) is 3.75. The Morgan fingerprint density at radius 1 is 1.43 bits per heavy atom. The Hall–Kier alpha value is -2.21. The average Bonchev–Trinajstić information content (AvgIpc) is 2.93. The van der Waals surface area contributed by atoms with Crippen LogP contribution in [0.1, 0.15) is 23.2 Å². The number of anilines is 1. The Morgan fingerprint density at radius 2 is 2.29 bits per heavy atom. The van der Waals surface area contributed by atoms with Crippen molar-refractivity contribution in [1.29, 1.82) is 0 Å².